The maximum absolute atomic E-state index is 13.5. The van der Waals surface area contributed by atoms with Crippen LogP contribution in [0.15, 0.2) is 30.6 Å². The standard InChI is InChI=1S/C22H24F3N5O2/c1-28-8-6-27-19(28)20(31)29-7-5-21(14-32-2)13-30(12-16(21)11-29)17-4-3-15(10-26)18(9-17)22(23,24)25/h3-4,6,8-9,16H,5,7,11-14H2,1-2H3/t16-,21+/m1/s1. The molecule has 32 heavy (non-hydrogen) atoms. The number of aromatic nitrogens is 2. The molecule has 3 heterocycles. The van der Waals surface area contributed by atoms with E-state index in [9.17, 15) is 18.0 Å². The molecule has 4 rings (SSSR count). The lowest BCUT2D eigenvalue weighted by atomic mass is 9.73. The number of amides is 1. The first kappa shape index (κ1) is 22.1. The van der Waals surface area contributed by atoms with Crippen molar-refractivity contribution in [2.75, 3.05) is 44.8 Å². The molecule has 1 amide bonds. The smallest absolute Gasteiger partial charge is 0.384 e. The fourth-order valence-corrected chi connectivity index (χ4v) is 4.96. The minimum atomic E-state index is -4.61. The third kappa shape index (κ3) is 3.81. The number of imidazole rings is 1. The number of ether oxygens (including phenoxy) is 1. The predicted molar refractivity (Wildman–Crippen MR) is 110 cm³/mol. The zero-order valence-electron chi connectivity index (χ0n) is 17.9. The summed E-state index contributed by atoms with van der Waals surface area (Å²) in [4.78, 5) is 20.8. The van der Waals surface area contributed by atoms with Crippen LogP contribution in [0.2, 0.25) is 0 Å². The van der Waals surface area contributed by atoms with Gasteiger partial charge in [-0.3, -0.25) is 4.79 Å². The SMILES string of the molecule is COC[C@@]12CCN(C(=O)c3nccn3C)C[C@@H]1CN(c1ccc(C#N)c(C(F)(F)F)c1)C2. The number of hydrogen-bond acceptors (Lipinski definition) is 5. The van der Waals surface area contributed by atoms with Crippen molar-refractivity contribution in [3.63, 3.8) is 0 Å². The van der Waals surface area contributed by atoms with Crippen molar-refractivity contribution < 1.29 is 22.7 Å². The lowest BCUT2D eigenvalue weighted by molar-refractivity contribution is -0.137. The van der Waals surface area contributed by atoms with Crippen molar-refractivity contribution in [3.8, 4) is 6.07 Å². The van der Waals surface area contributed by atoms with Gasteiger partial charge in [-0.1, -0.05) is 0 Å². The largest absolute Gasteiger partial charge is 0.417 e. The lowest BCUT2D eigenvalue weighted by Crippen LogP contribution is -2.51. The van der Waals surface area contributed by atoms with Crippen LogP contribution in [0, 0.1) is 22.7 Å². The molecule has 2 aromatic rings. The molecule has 0 bridgehead atoms. The van der Waals surface area contributed by atoms with Crippen LogP contribution in [0.4, 0.5) is 18.9 Å². The number of carbonyl (C=O) groups is 1. The predicted octanol–water partition coefficient (Wildman–Crippen LogP) is 2.93. The van der Waals surface area contributed by atoms with E-state index in [1.807, 2.05) is 4.90 Å². The number of likely N-dealkylation sites (tertiary alicyclic amines) is 1. The first-order valence-corrected chi connectivity index (χ1v) is 10.3. The third-order valence-corrected chi connectivity index (χ3v) is 6.66. The van der Waals surface area contributed by atoms with Crippen molar-refractivity contribution in [1.82, 2.24) is 14.5 Å². The summed E-state index contributed by atoms with van der Waals surface area (Å²) in [5, 5.41) is 9.07. The number of aryl methyl sites for hydroxylation is 1. The molecule has 2 aliphatic rings. The number of piperidine rings is 1. The molecule has 170 valence electrons. The van der Waals surface area contributed by atoms with Crippen LogP contribution in [0.5, 0.6) is 0 Å². The van der Waals surface area contributed by atoms with E-state index >= 15 is 0 Å². The van der Waals surface area contributed by atoms with E-state index in [0.717, 1.165) is 6.07 Å². The van der Waals surface area contributed by atoms with Gasteiger partial charge in [0.15, 0.2) is 5.82 Å². The molecule has 7 nitrogen and oxygen atoms in total. The minimum Gasteiger partial charge on any atom is -0.384 e. The first-order chi connectivity index (χ1) is 15.2. The van der Waals surface area contributed by atoms with Gasteiger partial charge < -0.3 is 19.1 Å². The summed E-state index contributed by atoms with van der Waals surface area (Å²) in [6, 6.07) is 5.45. The van der Waals surface area contributed by atoms with Crippen LogP contribution in [-0.4, -0.2) is 60.3 Å². The second-order valence-corrected chi connectivity index (χ2v) is 8.58. The number of fused-ring (bicyclic) bond motifs is 1. The van der Waals surface area contributed by atoms with Crippen LogP contribution in [0.3, 0.4) is 0 Å². The Bertz CT molecular complexity index is 1060. The molecule has 1 aromatic carbocycles. The van der Waals surface area contributed by atoms with Gasteiger partial charge in [-0.05, 0) is 24.6 Å². The summed E-state index contributed by atoms with van der Waals surface area (Å²) in [7, 11) is 3.38. The van der Waals surface area contributed by atoms with Gasteiger partial charge >= 0.3 is 6.18 Å². The normalized spacial score (nSPS) is 23.2. The minimum absolute atomic E-state index is 0.0328. The van der Waals surface area contributed by atoms with Crippen LogP contribution < -0.4 is 4.90 Å². The van der Waals surface area contributed by atoms with E-state index in [4.69, 9.17) is 10.00 Å². The summed E-state index contributed by atoms with van der Waals surface area (Å²) in [5.74, 6) is 0.242. The van der Waals surface area contributed by atoms with Crippen LogP contribution in [0.1, 0.15) is 28.2 Å². The number of nitriles is 1. The number of benzene rings is 1. The number of carbonyl (C=O) groups excluding carboxylic acids is 1. The van der Waals surface area contributed by atoms with Gasteiger partial charge in [0, 0.05) is 69.8 Å². The van der Waals surface area contributed by atoms with Crippen molar-refractivity contribution in [2.24, 2.45) is 18.4 Å². The van der Waals surface area contributed by atoms with Gasteiger partial charge in [0.25, 0.3) is 5.91 Å². The fourth-order valence-electron chi connectivity index (χ4n) is 4.96. The van der Waals surface area contributed by atoms with Crippen molar-refractivity contribution in [2.45, 2.75) is 12.6 Å². The highest BCUT2D eigenvalue weighted by atomic mass is 19.4. The lowest BCUT2D eigenvalue weighted by Gasteiger charge is -2.42. The molecule has 0 radical (unpaired) electrons. The molecule has 10 heteroatoms. The molecule has 1 aromatic heterocycles. The summed E-state index contributed by atoms with van der Waals surface area (Å²) < 4.78 is 47.6. The number of nitrogens with zero attached hydrogens (tertiary/aromatic N) is 5. The van der Waals surface area contributed by atoms with Gasteiger partial charge in [-0.15, -0.1) is 0 Å². The zero-order valence-corrected chi connectivity index (χ0v) is 17.9. The molecule has 2 atom stereocenters. The Morgan fingerprint density at radius 1 is 1.38 bits per heavy atom. The maximum Gasteiger partial charge on any atom is 0.417 e. The molecule has 2 saturated heterocycles. The highest BCUT2D eigenvalue weighted by molar-refractivity contribution is 5.91. The molecular formula is C22H24F3N5O2. The fraction of sp³-hybridized carbons (Fsp3) is 0.500. The molecule has 0 unspecified atom stereocenters. The number of hydrogen-bond donors (Lipinski definition) is 0. The third-order valence-electron chi connectivity index (χ3n) is 6.66. The average Bonchev–Trinajstić information content (AvgIpc) is 3.35. The molecule has 2 aliphatic heterocycles. The van der Waals surface area contributed by atoms with Crippen molar-refractivity contribution in [1.29, 1.82) is 5.26 Å². The highest BCUT2D eigenvalue weighted by Gasteiger charge is 2.50. The Balaban J connectivity index is 1.60. The van der Waals surface area contributed by atoms with Gasteiger partial charge in [-0.2, -0.15) is 18.4 Å². The monoisotopic (exact) mass is 447 g/mol. The summed E-state index contributed by atoms with van der Waals surface area (Å²) in [5.41, 5.74) is -1.17. The van der Waals surface area contributed by atoms with E-state index in [2.05, 4.69) is 4.98 Å². The molecule has 2 fully saturated rings. The topological polar surface area (TPSA) is 74.4 Å². The average molecular weight is 447 g/mol. The van der Waals surface area contributed by atoms with Crippen LogP contribution in [-0.2, 0) is 18.0 Å². The summed E-state index contributed by atoms with van der Waals surface area (Å²) in [6.07, 6.45) is -0.636. The molecular weight excluding hydrogens is 423 g/mol. The Labute approximate surface area is 184 Å². The van der Waals surface area contributed by atoms with Gasteiger partial charge in [0.2, 0.25) is 0 Å². The highest BCUT2D eigenvalue weighted by Crippen LogP contribution is 2.45. The molecule has 0 spiro atoms. The second kappa shape index (κ2) is 8.13. The quantitative estimate of drug-likeness (QED) is 0.721. The van der Waals surface area contributed by atoms with E-state index in [1.54, 1.807) is 48.2 Å². The Morgan fingerprint density at radius 3 is 2.78 bits per heavy atom. The number of methoxy groups -OCH3 is 1. The molecule has 0 N–H and O–H groups in total. The van der Waals surface area contributed by atoms with Gasteiger partial charge in [0.05, 0.1) is 23.8 Å². The van der Waals surface area contributed by atoms with E-state index in [1.165, 1.54) is 6.07 Å². The van der Waals surface area contributed by atoms with Crippen molar-refractivity contribution >= 4 is 11.6 Å². The van der Waals surface area contributed by atoms with Gasteiger partial charge in [-0.25, -0.2) is 4.98 Å². The van der Waals surface area contributed by atoms with E-state index in [0.29, 0.717) is 50.7 Å². The maximum atomic E-state index is 13.5. The second-order valence-electron chi connectivity index (χ2n) is 8.58. The van der Waals surface area contributed by atoms with Crippen LogP contribution in [0.25, 0.3) is 0 Å². The van der Waals surface area contributed by atoms with Crippen LogP contribution >= 0.6 is 0 Å². The van der Waals surface area contributed by atoms with E-state index < -0.39 is 17.3 Å². The zero-order chi connectivity index (χ0) is 23.1. The van der Waals surface area contributed by atoms with Gasteiger partial charge in [0.1, 0.15) is 0 Å². The summed E-state index contributed by atoms with van der Waals surface area (Å²) >= 11 is 0. The van der Waals surface area contributed by atoms with Crippen molar-refractivity contribution in [3.05, 3.63) is 47.5 Å². The molecule has 0 saturated carbocycles. The number of halogens is 3. The Morgan fingerprint density at radius 2 is 2.16 bits per heavy atom. The Hall–Kier alpha value is -3.06. The molecule has 0 aliphatic carbocycles. The Kier molecular flexibility index (Phi) is 5.63. The summed E-state index contributed by atoms with van der Waals surface area (Å²) in [6.45, 7) is 2.49. The number of rotatable bonds is 4. The number of alkyl halides is 3. The number of anilines is 1. The first-order valence-electron chi connectivity index (χ1n) is 10.3. The van der Waals surface area contributed by atoms with E-state index in [-0.39, 0.29) is 17.2 Å².